The highest BCUT2D eigenvalue weighted by Gasteiger charge is 2.10. The molecule has 0 saturated carbocycles. The fraction of sp³-hybridized carbons (Fsp3) is 0.250. The van der Waals surface area contributed by atoms with Gasteiger partial charge in [-0.2, -0.15) is 0 Å². The van der Waals surface area contributed by atoms with Crippen LogP contribution in [0.1, 0.15) is 29.2 Å². The largest absolute Gasteiger partial charge is 0.462 e. The Bertz CT molecular complexity index is 1080. The van der Waals surface area contributed by atoms with Gasteiger partial charge in [0.15, 0.2) is 0 Å². The normalized spacial score (nSPS) is 10.7. The number of aliphatic hydroxyl groups is 1. The highest BCUT2D eigenvalue weighted by molar-refractivity contribution is 5.86. The lowest BCUT2D eigenvalue weighted by molar-refractivity contribution is -0.138. The molecule has 3 heteroatoms. The summed E-state index contributed by atoms with van der Waals surface area (Å²) in [6, 6.07) is 21.4. The predicted octanol–water partition coefficient (Wildman–Crippen LogP) is 5.83. The van der Waals surface area contributed by atoms with Crippen LogP contribution in [0.2, 0.25) is 0 Å². The SMILES string of the molecule is C=C(C)C(=O)OCCc1cc(-c2ccc(-c3ccc(C)cc3)c(C)c2)ccc1CCO. The first-order chi connectivity index (χ1) is 14.9. The van der Waals surface area contributed by atoms with Crippen molar-refractivity contribution < 1.29 is 14.6 Å². The zero-order chi connectivity index (χ0) is 22.4. The van der Waals surface area contributed by atoms with Gasteiger partial charge in [0.25, 0.3) is 0 Å². The summed E-state index contributed by atoms with van der Waals surface area (Å²) < 4.78 is 5.28. The van der Waals surface area contributed by atoms with Gasteiger partial charge in [-0.15, -0.1) is 0 Å². The van der Waals surface area contributed by atoms with E-state index in [1.54, 1.807) is 6.92 Å². The second-order valence-electron chi connectivity index (χ2n) is 8.02. The lowest BCUT2D eigenvalue weighted by Crippen LogP contribution is -2.09. The zero-order valence-electron chi connectivity index (χ0n) is 18.6. The van der Waals surface area contributed by atoms with Crippen LogP contribution in [0.5, 0.6) is 0 Å². The molecule has 0 fully saturated rings. The number of aryl methyl sites for hydroxylation is 2. The molecule has 0 aliphatic rings. The van der Waals surface area contributed by atoms with Crippen LogP contribution in [0.3, 0.4) is 0 Å². The second kappa shape index (κ2) is 10.2. The van der Waals surface area contributed by atoms with Gasteiger partial charge in [-0.25, -0.2) is 4.79 Å². The standard InChI is InChI=1S/C28H30O3/c1-19(2)28(30)31-16-14-26-18-25(10-9-22(26)13-15-29)24-11-12-27(21(4)17-24)23-7-5-20(3)6-8-23/h5-12,17-18,29H,1,13-16H2,2-4H3. The molecule has 0 saturated heterocycles. The first-order valence-electron chi connectivity index (χ1n) is 10.6. The van der Waals surface area contributed by atoms with Gasteiger partial charge in [0, 0.05) is 18.6 Å². The van der Waals surface area contributed by atoms with Crippen LogP contribution < -0.4 is 0 Å². The summed E-state index contributed by atoms with van der Waals surface area (Å²) >= 11 is 0. The number of rotatable bonds is 8. The fourth-order valence-corrected chi connectivity index (χ4v) is 3.68. The van der Waals surface area contributed by atoms with E-state index < -0.39 is 0 Å². The number of ether oxygens (including phenoxy) is 1. The van der Waals surface area contributed by atoms with Gasteiger partial charge in [-0.3, -0.25) is 0 Å². The van der Waals surface area contributed by atoms with Crippen LogP contribution in [0.4, 0.5) is 0 Å². The molecule has 3 nitrogen and oxygen atoms in total. The number of esters is 1. The molecule has 0 spiro atoms. The van der Waals surface area contributed by atoms with E-state index in [0.717, 1.165) is 22.3 Å². The lowest BCUT2D eigenvalue weighted by atomic mass is 9.92. The lowest BCUT2D eigenvalue weighted by Gasteiger charge is -2.14. The molecule has 0 bridgehead atoms. The number of carbonyl (C=O) groups excluding carboxylic acids is 1. The average Bonchev–Trinajstić information content (AvgIpc) is 2.75. The van der Waals surface area contributed by atoms with Crippen molar-refractivity contribution >= 4 is 5.97 Å². The van der Waals surface area contributed by atoms with E-state index in [9.17, 15) is 9.90 Å². The molecule has 0 heterocycles. The summed E-state index contributed by atoms with van der Waals surface area (Å²) in [5.74, 6) is -0.373. The summed E-state index contributed by atoms with van der Waals surface area (Å²) in [6.07, 6.45) is 1.18. The molecule has 3 aromatic rings. The third-order valence-electron chi connectivity index (χ3n) is 5.46. The monoisotopic (exact) mass is 414 g/mol. The number of aliphatic hydroxyl groups excluding tert-OH is 1. The van der Waals surface area contributed by atoms with Crippen molar-refractivity contribution in [3.63, 3.8) is 0 Å². The van der Waals surface area contributed by atoms with Crippen molar-refractivity contribution in [2.45, 2.75) is 33.6 Å². The zero-order valence-corrected chi connectivity index (χ0v) is 18.6. The number of hydrogen-bond donors (Lipinski definition) is 1. The molecule has 3 rings (SSSR count). The van der Waals surface area contributed by atoms with Gasteiger partial charge >= 0.3 is 5.97 Å². The predicted molar refractivity (Wildman–Crippen MR) is 127 cm³/mol. The molecule has 3 aromatic carbocycles. The molecule has 0 unspecified atom stereocenters. The maximum Gasteiger partial charge on any atom is 0.333 e. The third kappa shape index (κ3) is 5.71. The van der Waals surface area contributed by atoms with Crippen molar-refractivity contribution in [1.82, 2.24) is 0 Å². The minimum absolute atomic E-state index is 0.0856. The first kappa shape index (κ1) is 22.5. The van der Waals surface area contributed by atoms with Crippen molar-refractivity contribution in [2.75, 3.05) is 13.2 Å². The topological polar surface area (TPSA) is 46.5 Å². The highest BCUT2D eigenvalue weighted by Crippen LogP contribution is 2.30. The summed E-state index contributed by atoms with van der Waals surface area (Å²) in [6.45, 7) is 9.86. The molecule has 160 valence electrons. The number of carbonyl (C=O) groups is 1. The van der Waals surface area contributed by atoms with Crippen LogP contribution in [0, 0.1) is 13.8 Å². The Hall–Kier alpha value is -3.17. The molecule has 0 amide bonds. The quantitative estimate of drug-likeness (QED) is 0.372. The second-order valence-corrected chi connectivity index (χ2v) is 8.02. The van der Waals surface area contributed by atoms with E-state index in [1.165, 1.54) is 22.3 Å². The molecular weight excluding hydrogens is 384 g/mol. The Labute approximate surface area is 185 Å². The molecule has 0 aliphatic heterocycles. The van der Waals surface area contributed by atoms with Gasteiger partial charge in [-0.1, -0.05) is 72.8 Å². The number of hydrogen-bond acceptors (Lipinski definition) is 3. The van der Waals surface area contributed by atoms with Gasteiger partial charge in [0.05, 0.1) is 6.61 Å². The van der Waals surface area contributed by atoms with Crippen LogP contribution in [-0.2, 0) is 22.4 Å². The van der Waals surface area contributed by atoms with Gasteiger partial charge in [-0.05, 0) is 66.1 Å². The van der Waals surface area contributed by atoms with E-state index >= 15 is 0 Å². The molecule has 31 heavy (non-hydrogen) atoms. The van der Waals surface area contributed by atoms with Crippen molar-refractivity contribution in [2.24, 2.45) is 0 Å². The Kier molecular flexibility index (Phi) is 7.43. The van der Waals surface area contributed by atoms with Crippen LogP contribution in [0.15, 0.2) is 72.8 Å². The Morgan fingerprint density at radius 3 is 2.16 bits per heavy atom. The van der Waals surface area contributed by atoms with E-state index in [2.05, 4.69) is 81.1 Å². The maximum atomic E-state index is 11.7. The fourth-order valence-electron chi connectivity index (χ4n) is 3.68. The summed E-state index contributed by atoms with van der Waals surface area (Å²) in [4.78, 5) is 11.7. The van der Waals surface area contributed by atoms with Crippen LogP contribution in [-0.4, -0.2) is 24.3 Å². The molecule has 0 aliphatic carbocycles. The average molecular weight is 415 g/mol. The Morgan fingerprint density at radius 1 is 0.871 bits per heavy atom. The number of benzene rings is 3. The van der Waals surface area contributed by atoms with Crippen molar-refractivity contribution in [1.29, 1.82) is 0 Å². The minimum atomic E-state index is -0.373. The van der Waals surface area contributed by atoms with Crippen molar-refractivity contribution in [3.05, 3.63) is 95.1 Å². The molecule has 0 radical (unpaired) electrons. The van der Waals surface area contributed by atoms with Gasteiger partial charge in [0.2, 0.25) is 0 Å². The molecule has 0 atom stereocenters. The van der Waals surface area contributed by atoms with Crippen LogP contribution >= 0.6 is 0 Å². The van der Waals surface area contributed by atoms with E-state index in [0.29, 0.717) is 25.0 Å². The summed E-state index contributed by atoms with van der Waals surface area (Å²) in [5.41, 5.74) is 9.73. The van der Waals surface area contributed by atoms with Gasteiger partial charge in [0.1, 0.15) is 0 Å². The minimum Gasteiger partial charge on any atom is -0.462 e. The van der Waals surface area contributed by atoms with Crippen LogP contribution in [0.25, 0.3) is 22.3 Å². The summed E-state index contributed by atoms with van der Waals surface area (Å²) in [7, 11) is 0. The Morgan fingerprint density at radius 2 is 1.52 bits per heavy atom. The maximum absolute atomic E-state index is 11.7. The van der Waals surface area contributed by atoms with E-state index in [1.807, 2.05) is 0 Å². The summed E-state index contributed by atoms with van der Waals surface area (Å²) in [5, 5.41) is 9.41. The van der Waals surface area contributed by atoms with Crippen molar-refractivity contribution in [3.8, 4) is 22.3 Å². The third-order valence-corrected chi connectivity index (χ3v) is 5.46. The highest BCUT2D eigenvalue weighted by atomic mass is 16.5. The Balaban J connectivity index is 1.86. The molecule has 1 N–H and O–H groups in total. The smallest absolute Gasteiger partial charge is 0.333 e. The van der Waals surface area contributed by atoms with E-state index in [-0.39, 0.29) is 12.6 Å². The molecular formula is C28H30O3. The molecule has 0 aromatic heterocycles. The first-order valence-corrected chi connectivity index (χ1v) is 10.6. The van der Waals surface area contributed by atoms with Gasteiger partial charge < -0.3 is 9.84 Å². The van der Waals surface area contributed by atoms with E-state index in [4.69, 9.17) is 4.74 Å².